The molecule has 3 aromatic rings. The molecule has 0 aliphatic carbocycles. The number of carbonyl (C=O) groups excluding carboxylic acids is 1. The summed E-state index contributed by atoms with van der Waals surface area (Å²) in [5.74, 6) is 0.698. The molecule has 0 unspecified atom stereocenters. The van der Waals surface area contributed by atoms with E-state index in [-0.39, 0.29) is 6.61 Å². The fraction of sp³-hybridized carbons (Fsp3) is 0.300. The normalized spacial score (nSPS) is 11.8. The predicted octanol–water partition coefficient (Wildman–Crippen LogP) is 4.56. The number of halogens is 2. The smallest absolute Gasteiger partial charge is 0.286 e. The summed E-state index contributed by atoms with van der Waals surface area (Å²) in [6, 6.07) is 10.6. The highest BCUT2D eigenvalue weighted by Gasteiger charge is 2.13. The van der Waals surface area contributed by atoms with Crippen molar-refractivity contribution in [3.63, 3.8) is 0 Å². The second-order valence-electron chi connectivity index (χ2n) is 5.93. The van der Waals surface area contributed by atoms with Gasteiger partial charge in [0.15, 0.2) is 11.4 Å². The Kier molecular flexibility index (Phi) is 7.55. The third-order valence-electron chi connectivity index (χ3n) is 3.95. The lowest BCUT2D eigenvalue weighted by Crippen LogP contribution is -2.21. The number of ether oxygens (including phenoxy) is 3. The molecule has 1 heterocycles. The van der Waals surface area contributed by atoms with E-state index in [0.717, 1.165) is 16.0 Å². The Balaban J connectivity index is 1.91. The summed E-state index contributed by atoms with van der Waals surface area (Å²) in [6.45, 7) is 3.25. The molecule has 0 spiro atoms. The van der Waals surface area contributed by atoms with E-state index in [9.17, 15) is 4.79 Å². The van der Waals surface area contributed by atoms with Gasteiger partial charge in [-0.2, -0.15) is 4.99 Å². The van der Waals surface area contributed by atoms with Gasteiger partial charge in [-0.15, -0.1) is 0 Å². The summed E-state index contributed by atoms with van der Waals surface area (Å²) in [6.07, 6.45) is 0. The number of carbonyl (C=O) groups is 1. The van der Waals surface area contributed by atoms with Crippen molar-refractivity contribution in [1.29, 1.82) is 0 Å². The van der Waals surface area contributed by atoms with Crippen LogP contribution >= 0.6 is 34.5 Å². The fourth-order valence-electron chi connectivity index (χ4n) is 2.72. The van der Waals surface area contributed by atoms with Crippen LogP contribution in [-0.2, 0) is 16.1 Å². The predicted molar refractivity (Wildman–Crippen MR) is 115 cm³/mol. The summed E-state index contributed by atoms with van der Waals surface area (Å²) >= 11 is 13.4. The Morgan fingerprint density at radius 2 is 2.00 bits per heavy atom. The zero-order chi connectivity index (χ0) is 20.8. The first-order chi connectivity index (χ1) is 14.0. The minimum Gasteiger partial charge on any atom is -0.492 e. The summed E-state index contributed by atoms with van der Waals surface area (Å²) in [4.78, 5) is 17.3. The van der Waals surface area contributed by atoms with Gasteiger partial charge in [0.2, 0.25) is 0 Å². The average Bonchev–Trinajstić information content (AvgIpc) is 3.03. The molecule has 0 N–H and O–H groups in total. The largest absolute Gasteiger partial charge is 0.492 e. The van der Waals surface area contributed by atoms with E-state index in [1.54, 1.807) is 25.3 Å². The topological polar surface area (TPSA) is 62.0 Å². The molecule has 1 amide bonds. The molecular weight excluding hydrogens is 435 g/mol. The first-order valence-corrected chi connectivity index (χ1v) is 10.5. The van der Waals surface area contributed by atoms with Crippen molar-refractivity contribution < 1.29 is 19.0 Å². The number of rotatable bonds is 8. The first-order valence-electron chi connectivity index (χ1n) is 8.93. The number of hydrogen-bond donors (Lipinski definition) is 0. The Bertz CT molecular complexity index is 1080. The van der Waals surface area contributed by atoms with E-state index in [0.29, 0.717) is 40.4 Å². The van der Waals surface area contributed by atoms with Crippen LogP contribution in [0.3, 0.4) is 0 Å². The van der Waals surface area contributed by atoms with Crippen LogP contribution in [-0.4, -0.2) is 37.4 Å². The molecule has 0 bridgehead atoms. The SMILES string of the molecule is CCOc1cccc2sc(=NC(=O)COc3ccc(Cl)cc3Cl)n(CCOC)c12. The molecular formula is C20H20Cl2N2O4S. The van der Waals surface area contributed by atoms with E-state index in [1.165, 1.54) is 11.3 Å². The molecule has 0 radical (unpaired) electrons. The van der Waals surface area contributed by atoms with Gasteiger partial charge in [0, 0.05) is 18.7 Å². The standard InChI is InChI=1S/C20H20Cl2N2O4S/c1-3-27-16-5-4-6-17-19(16)24(9-10-26-2)20(29-17)23-18(25)12-28-15-8-7-13(21)11-14(15)22/h4-8,11H,3,9-10,12H2,1-2H3. The highest BCUT2D eigenvalue weighted by Crippen LogP contribution is 2.28. The van der Waals surface area contributed by atoms with Gasteiger partial charge < -0.3 is 18.8 Å². The molecule has 6 nitrogen and oxygen atoms in total. The van der Waals surface area contributed by atoms with Crippen molar-refractivity contribution in [3.8, 4) is 11.5 Å². The van der Waals surface area contributed by atoms with Gasteiger partial charge in [-0.25, -0.2) is 0 Å². The van der Waals surface area contributed by atoms with E-state index < -0.39 is 5.91 Å². The minimum absolute atomic E-state index is 0.238. The lowest BCUT2D eigenvalue weighted by molar-refractivity contribution is -0.120. The molecule has 1 aromatic heterocycles. The number of methoxy groups -OCH3 is 1. The third kappa shape index (κ3) is 5.30. The molecule has 2 aromatic carbocycles. The van der Waals surface area contributed by atoms with Crippen molar-refractivity contribution in [3.05, 3.63) is 51.2 Å². The Labute approximate surface area is 182 Å². The van der Waals surface area contributed by atoms with Gasteiger partial charge in [0.05, 0.1) is 22.9 Å². The molecule has 3 rings (SSSR count). The minimum atomic E-state index is -0.424. The van der Waals surface area contributed by atoms with Gasteiger partial charge in [-0.1, -0.05) is 40.6 Å². The zero-order valence-corrected chi connectivity index (χ0v) is 18.3. The highest BCUT2D eigenvalue weighted by molar-refractivity contribution is 7.16. The second kappa shape index (κ2) is 10.1. The summed E-state index contributed by atoms with van der Waals surface area (Å²) in [7, 11) is 1.63. The van der Waals surface area contributed by atoms with Crippen LogP contribution in [0.15, 0.2) is 41.4 Å². The molecule has 9 heteroatoms. The van der Waals surface area contributed by atoms with Gasteiger partial charge in [-0.05, 0) is 37.3 Å². The van der Waals surface area contributed by atoms with E-state index >= 15 is 0 Å². The first kappa shape index (κ1) is 21.6. The van der Waals surface area contributed by atoms with Gasteiger partial charge >= 0.3 is 0 Å². The number of fused-ring (bicyclic) bond motifs is 1. The molecule has 0 atom stereocenters. The van der Waals surface area contributed by atoms with E-state index in [4.69, 9.17) is 37.4 Å². The van der Waals surface area contributed by atoms with Crippen molar-refractivity contribution in [2.45, 2.75) is 13.5 Å². The Morgan fingerprint density at radius 1 is 1.17 bits per heavy atom. The Morgan fingerprint density at radius 3 is 2.72 bits per heavy atom. The molecule has 0 aliphatic rings. The van der Waals surface area contributed by atoms with Crippen LogP contribution in [0.5, 0.6) is 11.5 Å². The average molecular weight is 455 g/mol. The highest BCUT2D eigenvalue weighted by atomic mass is 35.5. The van der Waals surface area contributed by atoms with Crippen LogP contribution in [0.25, 0.3) is 10.2 Å². The molecule has 29 heavy (non-hydrogen) atoms. The maximum atomic E-state index is 12.4. The number of nitrogens with zero attached hydrogens (tertiary/aromatic N) is 2. The molecule has 0 fully saturated rings. The van der Waals surface area contributed by atoms with Crippen molar-refractivity contribution in [2.75, 3.05) is 26.9 Å². The Hall–Kier alpha value is -2.06. The number of para-hydroxylation sites is 1. The van der Waals surface area contributed by atoms with E-state index in [1.807, 2.05) is 29.7 Å². The van der Waals surface area contributed by atoms with Crippen LogP contribution in [0.4, 0.5) is 0 Å². The molecule has 0 aliphatic heterocycles. The van der Waals surface area contributed by atoms with Crippen LogP contribution in [0, 0.1) is 0 Å². The summed E-state index contributed by atoms with van der Waals surface area (Å²) in [5, 5.41) is 0.830. The van der Waals surface area contributed by atoms with Gasteiger partial charge in [0.25, 0.3) is 5.91 Å². The quantitative estimate of drug-likeness (QED) is 0.500. The molecule has 0 saturated heterocycles. The van der Waals surface area contributed by atoms with Crippen molar-refractivity contribution >= 4 is 50.7 Å². The fourth-order valence-corrected chi connectivity index (χ4v) is 4.27. The maximum Gasteiger partial charge on any atom is 0.286 e. The van der Waals surface area contributed by atoms with Gasteiger partial charge in [0.1, 0.15) is 17.0 Å². The van der Waals surface area contributed by atoms with E-state index in [2.05, 4.69) is 4.99 Å². The third-order valence-corrected chi connectivity index (χ3v) is 5.52. The number of aromatic nitrogens is 1. The molecule has 0 saturated carbocycles. The summed E-state index contributed by atoms with van der Waals surface area (Å²) in [5.41, 5.74) is 0.893. The lowest BCUT2D eigenvalue weighted by atomic mass is 10.3. The lowest BCUT2D eigenvalue weighted by Gasteiger charge is -2.09. The number of benzene rings is 2. The number of hydrogen-bond acceptors (Lipinski definition) is 5. The second-order valence-corrected chi connectivity index (χ2v) is 7.79. The zero-order valence-electron chi connectivity index (χ0n) is 16.0. The molecule has 154 valence electrons. The summed E-state index contributed by atoms with van der Waals surface area (Å²) < 4.78 is 19.4. The van der Waals surface area contributed by atoms with Crippen LogP contribution in [0.2, 0.25) is 10.0 Å². The monoisotopic (exact) mass is 454 g/mol. The maximum absolute atomic E-state index is 12.4. The number of thiazole rings is 1. The van der Waals surface area contributed by atoms with Crippen molar-refractivity contribution in [2.24, 2.45) is 4.99 Å². The van der Waals surface area contributed by atoms with Gasteiger partial charge in [-0.3, -0.25) is 4.79 Å². The van der Waals surface area contributed by atoms with Crippen molar-refractivity contribution in [1.82, 2.24) is 4.57 Å². The van der Waals surface area contributed by atoms with Crippen LogP contribution in [0.1, 0.15) is 6.92 Å². The van der Waals surface area contributed by atoms with Crippen LogP contribution < -0.4 is 14.3 Å². The number of amides is 1.